The van der Waals surface area contributed by atoms with Crippen molar-refractivity contribution in [2.45, 2.75) is 13.8 Å². The Kier molecular flexibility index (Phi) is 4.90. The van der Waals surface area contributed by atoms with Gasteiger partial charge in [-0.1, -0.05) is 55.5 Å². The summed E-state index contributed by atoms with van der Waals surface area (Å²) in [6.07, 6.45) is 0. The standard InChI is InChI=1S/C23H25N3O/c1-3-25-13-15-26(16-14-25)23(27)21-17(2)22(18-9-5-4-6-10-18)24-20-12-8-7-11-19(20)21/h4-12H,3,13-16H2,1-2H3. The lowest BCUT2D eigenvalue weighted by Crippen LogP contribution is -2.48. The van der Waals surface area contributed by atoms with Crippen molar-refractivity contribution in [2.75, 3.05) is 32.7 Å². The Hall–Kier alpha value is -2.72. The molecule has 0 spiro atoms. The number of aromatic nitrogens is 1. The molecule has 0 aliphatic carbocycles. The zero-order chi connectivity index (χ0) is 18.8. The fourth-order valence-corrected chi connectivity index (χ4v) is 3.89. The number of pyridine rings is 1. The van der Waals surface area contributed by atoms with Gasteiger partial charge in [0, 0.05) is 37.1 Å². The molecule has 138 valence electrons. The molecule has 3 aromatic rings. The summed E-state index contributed by atoms with van der Waals surface area (Å²) in [5.41, 5.74) is 4.57. The number of nitrogens with zero attached hydrogens (tertiary/aromatic N) is 3. The van der Waals surface area contributed by atoms with Gasteiger partial charge in [0.2, 0.25) is 0 Å². The van der Waals surface area contributed by atoms with E-state index in [0.29, 0.717) is 0 Å². The van der Waals surface area contributed by atoms with Crippen molar-refractivity contribution < 1.29 is 4.79 Å². The Labute approximate surface area is 160 Å². The summed E-state index contributed by atoms with van der Waals surface area (Å²) < 4.78 is 0. The molecule has 4 heteroatoms. The number of para-hydroxylation sites is 1. The lowest BCUT2D eigenvalue weighted by molar-refractivity contribution is 0.0644. The Morgan fingerprint density at radius 1 is 0.963 bits per heavy atom. The molecule has 4 rings (SSSR count). The second kappa shape index (κ2) is 7.49. The molecule has 1 aromatic heterocycles. The van der Waals surface area contributed by atoms with Gasteiger partial charge in [0.05, 0.1) is 16.8 Å². The third-order valence-corrected chi connectivity index (χ3v) is 5.50. The number of hydrogen-bond acceptors (Lipinski definition) is 3. The highest BCUT2D eigenvalue weighted by molar-refractivity contribution is 6.08. The maximum Gasteiger partial charge on any atom is 0.254 e. The van der Waals surface area contributed by atoms with Crippen molar-refractivity contribution in [3.8, 4) is 11.3 Å². The number of carbonyl (C=O) groups is 1. The largest absolute Gasteiger partial charge is 0.336 e. The molecule has 27 heavy (non-hydrogen) atoms. The minimum Gasteiger partial charge on any atom is -0.336 e. The molecular formula is C23H25N3O. The van der Waals surface area contributed by atoms with Gasteiger partial charge in [-0.15, -0.1) is 0 Å². The van der Waals surface area contributed by atoms with E-state index in [1.807, 2.05) is 54.3 Å². The molecule has 1 aliphatic heterocycles. The Morgan fingerprint density at radius 2 is 1.63 bits per heavy atom. The summed E-state index contributed by atoms with van der Waals surface area (Å²) in [6, 6.07) is 18.1. The molecule has 2 aromatic carbocycles. The first-order valence-electron chi connectivity index (χ1n) is 9.65. The van der Waals surface area contributed by atoms with E-state index in [9.17, 15) is 4.79 Å². The maximum absolute atomic E-state index is 13.5. The number of carbonyl (C=O) groups excluding carboxylic acids is 1. The van der Waals surface area contributed by atoms with Crippen LogP contribution in [0, 0.1) is 6.92 Å². The SMILES string of the molecule is CCN1CCN(C(=O)c2c(C)c(-c3ccccc3)nc3ccccc23)CC1. The summed E-state index contributed by atoms with van der Waals surface area (Å²) in [5.74, 6) is 0.124. The zero-order valence-electron chi connectivity index (χ0n) is 16.0. The lowest BCUT2D eigenvalue weighted by Gasteiger charge is -2.34. The summed E-state index contributed by atoms with van der Waals surface area (Å²) in [4.78, 5) is 22.8. The van der Waals surface area contributed by atoms with E-state index in [-0.39, 0.29) is 5.91 Å². The Bertz CT molecular complexity index is 960. The molecule has 1 fully saturated rings. The Balaban J connectivity index is 1.81. The van der Waals surface area contributed by atoms with Gasteiger partial charge < -0.3 is 9.80 Å². The molecule has 0 saturated carbocycles. The Morgan fingerprint density at radius 3 is 2.33 bits per heavy atom. The molecule has 1 saturated heterocycles. The first kappa shape index (κ1) is 17.7. The van der Waals surface area contributed by atoms with Crippen LogP contribution in [0.3, 0.4) is 0 Å². The van der Waals surface area contributed by atoms with Crippen LogP contribution in [-0.4, -0.2) is 53.4 Å². The van der Waals surface area contributed by atoms with E-state index in [2.05, 4.69) is 24.0 Å². The van der Waals surface area contributed by atoms with Gasteiger partial charge in [-0.3, -0.25) is 4.79 Å². The van der Waals surface area contributed by atoms with E-state index in [1.165, 1.54) is 0 Å². The van der Waals surface area contributed by atoms with E-state index < -0.39 is 0 Å². The minimum atomic E-state index is 0.124. The first-order valence-corrected chi connectivity index (χ1v) is 9.65. The van der Waals surface area contributed by atoms with Gasteiger partial charge >= 0.3 is 0 Å². The van der Waals surface area contributed by atoms with Crippen molar-refractivity contribution >= 4 is 16.8 Å². The van der Waals surface area contributed by atoms with Crippen LogP contribution in [0.25, 0.3) is 22.2 Å². The van der Waals surface area contributed by atoms with Crippen LogP contribution >= 0.6 is 0 Å². The van der Waals surface area contributed by atoms with Crippen molar-refractivity contribution in [3.63, 3.8) is 0 Å². The molecule has 2 heterocycles. The highest BCUT2D eigenvalue weighted by Gasteiger charge is 2.26. The van der Waals surface area contributed by atoms with Crippen molar-refractivity contribution in [1.82, 2.24) is 14.8 Å². The molecular weight excluding hydrogens is 334 g/mol. The quantitative estimate of drug-likeness (QED) is 0.709. The topological polar surface area (TPSA) is 36.4 Å². The summed E-state index contributed by atoms with van der Waals surface area (Å²) in [6.45, 7) is 8.68. The molecule has 0 unspecified atom stereocenters. The summed E-state index contributed by atoms with van der Waals surface area (Å²) >= 11 is 0. The van der Waals surface area contributed by atoms with Gasteiger partial charge in [-0.05, 0) is 25.1 Å². The van der Waals surface area contributed by atoms with Crippen LogP contribution in [0.2, 0.25) is 0 Å². The van der Waals surface area contributed by atoms with E-state index in [4.69, 9.17) is 4.98 Å². The average molecular weight is 359 g/mol. The molecule has 4 nitrogen and oxygen atoms in total. The van der Waals surface area contributed by atoms with Gasteiger partial charge in [0.15, 0.2) is 0 Å². The summed E-state index contributed by atoms with van der Waals surface area (Å²) in [7, 11) is 0. The molecule has 0 radical (unpaired) electrons. The number of hydrogen-bond donors (Lipinski definition) is 0. The molecule has 0 atom stereocenters. The van der Waals surface area contributed by atoms with Crippen LogP contribution in [0.15, 0.2) is 54.6 Å². The van der Waals surface area contributed by atoms with Crippen LogP contribution in [0.1, 0.15) is 22.8 Å². The summed E-state index contributed by atoms with van der Waals surface area (Å²) in [5, 5.41) is 0.942. The van der Waals surface area contributed by atoms with Crippen LogP contribution in [-0.2, 0) is 0 Å². The van der Waals surface area contributed by atoms with Crippen molar-refractivity contribution in [3.05, 3.63) is 65.7 Å². The van der Waals surface area contributed by atoms with Crippen molar-refractivity contribution in [1.29, 1.82) is 0 Å². The number of fused-ring (bicyclic) bond motifs is 1. The normalized spacial score (nSPS) is 15.3. The molecule has 0 N–H and O–H groups in total. The van der Waals surface area contributed by atoms with E-state index in [0.717, 1.165) is 66.0 Å². The smallest absolute Gasteiger partial charge is 0.254 e. The third-order valence-electron chi connectivity index (χ3n) is 5.50. The monoisotopic (exact) mass is 359 g/mol. The molecule has 1 aliphatic rings. The number of rotatable bonds is 3. The highest BCUT2D eigenvalue weighted by atomic mass is 16.2. The predicted molar refractivity (Wildman–Crippen MR) is 110 cm³/mol. The first-order chi connectivity index (χ1) is 13.2. The maximum atomic E-state index is 13.5. The minimum absolute atomic E-state index is 0.124. The van der Waals surface area contributed by atoms with Crippen LogP contribution in [0.5, 0.6) is 0 Å². The zero-order valence-corrected chi connectivity index (χ0v) is 16.0. The molecule has 0 bridgehead atoms. The second-order valence-electron chi connectivity index (χ2n) is 7.07. The predicted octanol–water partition coefficient (Wildman–Crippen LogP) is 3.99. The van der Waals surface area contributed by atoms with E-state index in [1.54, 1.807) is 0 Å². The van der Waals surface area contributed by atoms with Crippen LogP contribution in [0.4, 0.5) is 0 Å². The second-order valence-corrected chi connectivity index (χ2v) is 7.07. The fraction of sp³-hybridized carbons (Fsp3) is 0.304. The lowest BCUT2D eigenvalue weighted by atomic mass is 9.96. The highest BCUT2D eigenvalue weighted by Crippen LogP contribution is 2.30. The van der Waals surface area contributed by atoms with E-state index >= 15 is 0 Å². The van der Waals surface area contributed by atoms with Gasteiger partial charge in [0.1, 0.15) is 0 Å². The van der Waals surface area contributed by atoms with Crippen molar-refractivity contribution in [2.24, 2.45) is 0 Å². The van der Waals surface area contributed by atoms with Gasteiger partial charge in [0.25, 0.3) is 5.91 Å². The molecule has 1 amide bonds. The number of likely N-dealkylation sites (N-methyl/N-ethyl adjacent to an activating group) is 1. The number of piperazine rings is 1. The third kappa shape index (κ3) is 3.33. The average Bonchev–Trinajstić information content (AvgIpc) is 2.73. The fourth-order valence-electron chi connectivity index (χ4n) is 3.89. The van der Waals surface area contributed by atoms with Crippen LogP contribution < -0.4 is 0 Å². The number of amides is 1. The number of benzene rings is 2. The van der Waals surface area contributed by atoms with Gasteiger partial charge in [-0.25, -0.2) is 4.98 Å². The van der Waals surface area contributed by atoms with Gasteiger partial charge in [-0.2, -0.15) is 0 Å².